The zero-order valence-electron chi connectivity index (χ0n) is 28.7. The van der Waals surface area contributed by atoms with Gasteiger partial charge in [0.1, 0.15) is 17.1 Å². The standard InChI is InChI=1S/C34H46ClN5O8S/c1-21-18-40(22(2)20-41)33(42)29-17-27(36-34(43)37-32-24(4)38-48-25(32)5)12-15-30(29)47-23(3)9-7-8-16-46-31(21)19-39(6)49(44,45)28-13-10-26(35)11-14-28/h10-15,17,21-23,31,41H,7-9,16,18-20H2,1-6H3,(H2,36,37,43)/t21-,22+,23+,31-/m1/s1. The van der Waals surface area contributed by atoms with Crippen LogP contribution in [-0.4, -0.2) is 91.4 Å². The molecule has 4 atom stereocenters. The van der Waals surface area contributed by atoms with E-state index in [0.717, 1.165) is 12.8 Å². The van der Waals surface area contributed by atoms with Gasteiger partial charge in [-0.1, -0.05) is 23.7 Å². The number of carbonyl (C=O) groups excluding carboxylic acids is 2. The Bertz CT molecular complexity index is 1680. The number of nitrogens with zero attached hydrogens (tertiary/aromatic N) is 3. The number of anilines is 2. The van der Waals surface area contributed by atoms with Crippen molar-refractivity contribution >= 4 is 44.9 Å². The van der Waals surface area contributed by atoms with E-state index in [9.17, 15) is 23.1 Å². The Labute approximate surface area is 292 Å². The van der Waals surface area contributed by atoms with Crippen LogP contribution in [0.4, 0.5) is 16.2 Å². The van der Waals surface area contributed by atoms with Crippen molar-refractivity contribution in [2.75, 3.05) is 44.0 Å². The number of rotatable bonds is 8. The minimum atomic E-state index is -3.86. The Morgan fingerprint density at radius 3 is 2.51 bits per heavy atom. The van der Waals surface area contributed by atoms with Gasteiger partial charge in [-0.2, -0.15) is 4.31 Å². The van der Waals surface area contributed by atoms with Crippen LogP contribution in [0.3, 0.4) is 0 Å². The number of hydrogen-bond acceptors (Lipinski definition) is 9. The molecule has 3 aromatic rings. The molecule has 1 aliphatic heterocycles. The van der Waals surface area contributed by atoms with Crippen molar-refractivity contribution < 1.29 is 37.1 Å². The SMILES string of the molecule is Cc1noc(C)c1NC(=O)Nc1ccc2c(c1)C(=O)N([C@@H](C)CO)C[C@@H](C)[C@@H](CN(C)S(=O)(=O)c1ccc(Cl)cc1)OCCCC[C@H](C)O2. The highest BCUT2D eigenvalue weighted by molar-refractivity contribution is 7.89. The van der Waals surface area contributed by atoms with E-state index in [2.05, 4.69) is 15.8 Å². The number of fused-ring (bicyclic) bond motifs is 1. The molecule has 0 saturated carbocycles. The number of likely N-dealkylation sites (N-methyl/N-ethyl adjacent to an activating group) is 1. The molecule has 4 rings (SSSR count). The molecule has 15 heteroatoms. The van der Waals surface area contributed by atoms with Crippen LogP contribution in [0, 0.1) is 19.8 Å². The molecule has 1 aliphatic rings. The molecular formula is C34H46ClN5O8S. The highest BCUT2D eigenvalue weighted by Crippen LogP contribution is 2.29. The molecule has 0 bridgehead atoms. The second-order valence-corrected chi connectivity index (χ2v) is 15.0. The van der Waals surface area contributed by atoms with Crippen LogP contribution in [-0.2, 0) is 14.8 Å². The average molecular weight is 720 g/mol. The number of aromatic nitrogens is 1. The molecule has 0 saturated heterocycles. The van der Waals surface area contributed by atoms with Gasteiger partial charge in [0.15, 0.2) is 5.76 Å². The molecule has 0 radical (unpaired) electrons. The predicted molar refractivity (Wildman–Crippen MR) is 187 cm³/mol. The van der Waals surface area contributed by atoms with Crippen LogP contribution in [0.1, 0.15) is 61.8 Å². The topological polar surface area (TPSA) is 164 Å². The number of urea groups is 1. The Kier molecular flexibility index (Phi) is 13.1. The van der Waals surface area contributed by atoms with E-state index < -0.39 is 34.1 Å². The Hall–Kier alpha value is -3.69. The second kappa shape index (κ2) is 16.8. The first-order chi connectivity index (χ1) is 23.2. The number of amides is 3. The summed E-state index contributed by atoms with van der Waals surface area (Å²) in [7, 11) is -2.36. The number of hydrogen-bond donors (Lipinski definition) is 3. The molecule has 3 amide bonds. The third-order valence-electron chi connectivity index (χ3n) is 8.54. The Morgan fingerprint density at radius 2 is 1.86 bits per heavy atom. The molecule has 3 N–H and O–H groups in total. The summed E-state index contributed by atoms with van der Waals surface area (Å²) in [5, 5.41) is 20.0. The number of benzene rings is 2. The number of nitrogens with one attached hydrogen (secondary N) is 2. The Balaban J connectivity index is 1.63. The third kappa shape index (κ3) is 9.73. The van der Waals surface area contributed by atoms with Crippen molar-refractivity contribution in [1.82, 2.24) is 14.4 Å². The molecular weight excluding hydrogens is 674 g/mol. The van der Waals surface area contributed by atoms with Crippen molar-refractivity contribution in [3.8, 4) is 5.75 Å². The van der Waals surface area contributed by atoms with Crippen LogP contribution in [0.2, 0.25) is 5.02 Å². The number of halogens is 1. The first-order valence-electron chi connectivity index (χ1n) is 16.3. The maximum atomic E-state index is 14.4. The highest BCUT2D eigenvalue weighted by Gasteiger charge is 2.32. The zero-order chi connectivity index (χ0) is 35.9. The summed E-state index contributed by atoms with van der Waals surface area (Å²) in [4.78, 5) is 28.9. The first-order valence-corrected chi connectivity index (χ1v) is 18.1. The Morgan fingerprint density at radius 1 is 1.14 bits per heavy atom. The lowest BCUT2D eigenvalue weighted by Crippen LogP contribution is -2.48. The van der Waals surface area contributed by atoms with E-state index >= 15 is 0 Å². The second-order valence-electron chi connectivity index (χ2n) is 12.5. The van der Waals surface area contributed by atoms with Crippen LogP contribution < -0.4 is 15.4 Å². The van der Waals surface area contributed by atoms with Gasteiger partial charge < -0.3 is 34.6 Å². The lowest BCUT2D eigenvalue weighted by molar-refractivity contribution is -0.00833. The number of ether oxygens (including phenoxy) is 2. The smallest absolute Gasteiger partial charge is 0.323 e. The van der Waals surface area contributed by atoms with Crippen LogP contribution in [0.5, 0.6) is 5.75 Å². The van der Waals surface area contributed by atoms with E-state index in [4.69, 9.17) is 25.6 Å². The van der Waals surface area contributed by atoms with Gasteiger partial charge in [-0.3, -0.25) is 4.79 Å². The molecule has 49 heavy (non-hydrogen) atoms. The monoisotopic (exact) mass is 719 g/mol. The molecule has 0 spiro atoms. The van der Waals surface area contributed by atoms with E-state index in [0.29, 0.717) is 46.6 Å². The fourth-order valence-electron chi connectivity index (χ4n) is 5.54. The van der Waals surface area contributed by atoms with Crippen molar-refractivity contribution in [2.45, 2.75) is 77.0 Å². The van der Waals surface area contributed by atoms with E-state index in [-0.39, 0.29) is 42.2 Å². The van der Waals surface area contributed by atoms with Crippen LogP contribution in [0.15, 0.2) is 51.9 Å². The molecule has 13 nitrogen and oxygen atoms in total. The van der Waals surface area contributed by atoms with Gasteiger partial charge in [0.2, 0.25) is 10.0 Å². The molecule has 1 aromatic heterocycles. The molecule has 0 fully saturated rings. The summed E-state index contributed by atoms with van der Waals surface area (Å²) in [5.74, 6) is 0.0151. The van der Waals surface area contributed by atoms with Crippen molar-refractivity contribution in [3.63, 3.8) is 0 Å². The largest absolute Gasteiger partial charge is 0.490 e. The van der Waals surface area contributed by atoms with Gasteiger partial charge >= 0.3 is 6.03 Å². The molecule has 268 valence electrons. The van der Waals surface area contributed by atoms with E-state index in [1.807, 2.05) is 13.8 Å². The van der Waals surface area contributed by atoms with Gasteiger partial charge in [0, 0.05) is 43.4 Å². The molecule has 2 aromatic carbocycles. The first kappa shape index (κ1) is 38.1. The van der Waals surface area contributed by atoms with Crippen molar-refractivity contribution in [1.29, 1.82) is 0 Å². The summed E-state index contributed by atoms with van der Waals surface area (Å²) < 4.78 is 45.8. The molecule has 0 aliphatic carbocycles. The van der Waals surface area contributed by atoms with E-state index in [1.165, 1.54) is 40.5 Å². The van der Waals surface area contributed by atoms with Crippen molar-refractivity contribution in [3.05, 3.63) is 64.5 Å². The number of aliphatic hydroxyl groups excluding tert-OH is 1. The summed E-state index contributed by atoms with van der Waals surface area (Å²) in [6, 6.07) is 9.65. The van der Waals surface area contributed by atoms with Crippen molar-refractivity contribution in [2.24, 2.45) is 5.92 Å². The molecule has 0 unspecified atom stereocenters. The number of aliphatic hydroxyl groups is 1. The summed E-state index contributed by atoms with van der Waals surface area (Å²) >= 11 is 5.98. The fourth-order valence-corrected chi connectivity index (χ4v) is 6.85. The van der Waals surface area contributed by atoms with Gasteiger partial charge in [-0.25, -0.2) is 13.2 Å². The maximum Gasteiger partial charge on any atom is 0.323 e. The summed E-state index contributed by atoms with van der Waals surface area (Å²) in [6.07, 6.45) is 1.35. The van der Waals surface area contributed by atoms with Crippen LogP contribution in [0.25, 0.3) is 0 Å². The van der Waals surface area contributed by atoms with Gasteiger partial charge in [-0.05, 0) is 89.4 Å². The predicted octanol–water partition coefficient (Wildman–Crippen LogP) is 5.71. The summed E-state index contributed by atoms with van der Waals surface area (Å²) in [6.45, 7) is 9.16. The average Bonchev–Trinajstić information content (AvgIpc) is 3.38. The minimum Gasteiger partial charge on any atom is -0.490 e. The van der Waals surface area contributed by atoms with Gasteiger partial charge in [0.25, 0.3) is 5.91 Å². The van der Waals surface area contributed by atoms with Crippen LogP contribution >= 0.6 is 11.6 Å². The number of sulfonamides is 1. The third-order valence-corrected chi connectivity index (χ3v) is 10.6. The number of aryl methyl sites for hydroxylation is 2. The highest BCUT2D eigenvalue weighted by atomic mass is 35.5. The van der Waals surface area contributed by atoms with Gasteiger partial charge in [0.05, 0.1) is 35.3 Å². The van der Waals surface area contributed by atoms with Gasteiger partial charge in [-0.15, -0.1) is 0 Å². The minimum absolute atomic E-state index is 0.0338. The number of carbonyl (C=O) groups is 2. The van der Waals surface area contributed by atoms with E-state index in [1.54, 1.807) is 39.0 Å². The zero-order valence-corrected chi connectivity index (χ0v) is 30.3. The maximum absolute atomic E-state index is 14.4. The lowest BCUT2D eigenvalue weighted by Gasteiger charge is -2.35. The normalized spacial score (nSPS) is 20.2. The fraction of sp³-hybridized carbons (Fsp3) is 0.500. The quantitative estimate of drug-likeness (QED) is 0.265. The lowest BCUT2D eigenvalue weighted by atomic mass is 10.0. The molecule has 2 heterocycles. The summed E-state index contributed by atoms with van der Waals surface area (Å²) in [5.41, 5.74) is 1.51.